The Kier molecular flexibility index (Phi) is 6.05. The molecule has 106 valence electrons. The average Bonchev–Trinajstić information content (AvgIpc) is 2.49. The lowest BCUT2D eigenvalue weighted by Crippen LogP contribution is -2.46. The third-order valence-corrected chi connectivity index (χ3v) is 3.63. The normalized spacial score (nSPS) is 27.6. The first-order valence-corrected chi connectivity index (χ1v) is 6.69. The first kappa shape index (κ1) is 15.4. The molecule has 0 aromatic rings. The highest BCUT2D eigenvalue weighted by atomic mass is 16.5. The summed E-state index contributed by atoms with van der Waals surface area (Å²) in [7, 11) is 1.62. The zero-order valence-electron chi connectivity index (χ0n) is 11.7. The lowest BCUT2D eigenvalue weighted by atomic mass is 9.98. The Bertz CT molecular complexity index is 269. The molecule has 2 atom stereocenters. The van der Waals surface area contributed by atoms with Gasteiger partial charge in [-0.05, 0) is 39.7 Å². The van der Waals surface area contributed by atoms with Gasteiger partial charge in [-0.3, -0.25) is 9.69 Å². The fraction of sp³-hybridized carbons (Fsp3) is 0.923. The number of hydrogen-bond acceptors (Lipinski definition) is 4. The number of carbonyl (C=O) groups is 1. The van der Waals surface area contributed by atoms with E-state index in [0.29, 0.717) is 13.2 Å². The summed E-state index contributed by atoms with van der Waals surface area (Å²) in [5, 5.41) is 12.9. The largest absolute Gasteiger partial charge is 0.390 e. The summed E-state index contributed by atoms with van der Waals surface area (Å²) in [5.74, 6) is 0.0357. The minimum absolute atomic E-state index is 0.0357. The summed E-state index contributed by atoms with van der Waals surface area (Å²) in [6.07, 6.45) is 2.47. The summed E-state index contributed by atoms with van der Waals surface area (Å²) >= 11 is 0. The summed E-state index contributed by atoms with van der Waals surface area (Å²) in [6.45, 7) is 6.52. The Morgan fingerprint density at radius 3 is 2.89 bits per heavy atom. The Morgan fingerprint density at radius 2 is 2.22 bits per heavy atom. The highest BCUT2D eigenvalue weighted by molar-refractivity contribution is 5.81. The van der Waals surface area contributed by atoms with Crippen LogP contribution in [0.3, 0.4) is 0 Å². The van der Waals surface area contributed by atoms with Crippen LogP contribution in [0.2, 0.25) is 0 Å². The van der Waals surface area contributed by atoms with Gasteiger partial charge in [-0.1, -0.05) is 0 Å². The van der Waals surface area contributed by atoms with Gasteiger partial charge in [0.15, 0.2) is 0 Å². The molecule has 1 aliphatic rings. The van der Waals surface area contributed by atoms with E-state index in [0.717, 1.165) is 32.4 Å². The molecule has 1 fully saturated rings. The number of ether oxygens (including phenoxy) is 1. The highest BCUT2D eigenvalue weighted by Gasteiger charge is 2.29. The minimum Gasteiger partial charge on any atom is -0.390 e. The predicted octanol–water partition coefficient (Wildman–Crippen LogP) is 0.374. The third-order valence-electron chi connectivity index (χ3n) is 3.63. The summed E-state index contributed by atoms with van der Waals surface area (Å²) < 4.78 is 4.90. The van der Waals surface area contributed by atoms with Crippen molar-refractivity contribution in [2.45, 2.75) is 44.8 Å². The van der Waals surface area contributed by atoms with Crippen LogP contribution in [0, 0.1) is 0 Å². The van der Waals surface area contributed by atoms with E-state index in [1.807, 2.05) is 13.8 Å². The molecule has 1 aliphatic heterocycles. The molecule has 0 spiro atoms. The minimum atomic E-state index is -0.582. The SMILES string of the molecule is COCCNC(=O)C(C)N1CCCC(C)(O)CC1. The van der Waals surface area contributed by atoms with Gasteiger partial charge < -0.3 is 15.2 Å². The molecule has 0 aliphatic carbocycles. The van der Waals surface area contributed by atoms with Crippen LogP contribution in [-0.4, -0.2) is 60.9 Å². The van der Waals surface area contributed by atoms with Crippen LogP contribution in [0.25, 0.3) is 0 Å². The van der Waals surface area contributed by atoms with E-state index in [2.05, 4.69) is 10.2 Å². The molecule has 1 rings (SSSR count). The molecule has 0 aromatic carbocycles. The van der Waals surface area contributed by atoms with Crippen molar-refractivity contribution in [3.8, 4) is 0 Å². The number of nitrogens with zero attached hydrogens (tertiary/aromatic N) is 1. The molecule has 1 amide bonds. The molecule has 0 radical (unpaired) electrons. The number of methoxy groups -OCH3 is 1. The van der Waals surface area contributed by atoms with E-state index in [9.17, 15) is 9.90 Å². The number of carbonyl (C=O) groups excluding carboxylic acids is 1. The maximum absolute atomic E-state index is 11.9. The smallest absolute Gasteiger partial charge is 0.237 e. The molecule has 5 nitrogen and oxygen atoms in total. The van der Waals surface area contributed by atoms with Gasteiger partial charge >= 0.3 is 0 Å². The number of hydrogen-bond donors (Lipinski definition) is 2. The first-order valence-electron chi connectivity index (χ1n) is 6.69. The van der Waals surface area contributed by atoms with Crippen molar-refractivity contribution in [2.24, 2.45) is 0 Å². The Labute approximate surface area is 109 Å². The van der Waals surface area contributed by atoms with E-state index in [4.69, 9.17) is 4.74 Å². The molecule has 2 N–H and O–H groups in total. The van der Waals surface area contributed by atoms with Crippen LogP contribution in [0.1, 0.15) is 33.1 Å². The molecule has 18 heavy (non-hydrogen) atoms. The predicted molar refractivity (Wildman–Crippen MR) is 70.4 cm³/mol. The number of nitrogens with one attached hydrogen (secondary N) is 1. The quantitative estimate of drug-likeness (QED) is 0.700. The zero-order chi connectivity index (χ0) is 13.6. The molecular weight excluding hydrogens is 232 g/mol. The molecule has 0 bridgehead atoms. The van der Waals surface area contributed by atoms with Crippen molar-refractivity contribution in [3.63, 3.8) is 0 Å². The molecule has 5 heteroatoms. The first-order chi connectivity index (χ1) is 8.46. The Balaban J connectivity index is 2.40. The van der Waals surface area contributed by atoms with Crippen LogP contribution in [0.15, 0.2) is 0 Å². The molecule has 0 saturated carbocycles. The van der Waals surface area contributed by atoms with Crippen LogP contribution in [0.4, 0.5) is 0 Å². The number of likely N-dealkylation sites (tertiary alicyclic amines) is 1. The highest BCUT2D eigenvalue weighted by Crippen LogP contribution is 2.22. The number of rotatable bonds is 5. The van der Waals surface area contributed by atoms with Gasteiger partial charge in [-0.25, -0.2) is 0 Å². The van der Waals surface area contributed by atoms with Crippen molar-refractivity contribution < 1.29 is 14.6 Å². The molecule has 0 aromatic heterocycles. The second kappa shape index (κ2) is 7.07. The number of amides is 1. The standard InChI is InChI=1S/C13H26N2O3/c1-11(12(16)14-7-10-18-3)15-8-4-5-13(2,17)6-9-15/h11,17H,4-10H2,1-3H3,(H,14,16). The summed E-state index contributed by atoms with van der Waals surface area (Å²) in [5.41, 5.74) is -0.582. The van der Waals surface area contributed by atoms with Gasteiger partial charge in [0.25, 0.3) is 0 Å². The lowest BCUT2D eigenvalue weighted by Gasteiger charge is -2.27. The molecule has 2 unspecified atom stereocenters. The van der Waals surface area contributed by atoms with Gasteiger partial charge in [0.05, 0.1) is 18.2 Å². The van der Waals surface area contributed by atoms with E-state index in [1.54, 1.807) is 7.11 Å². The Hall–Kier alpha value is -0.650. The van der Waals surface area contributed by atoms with Crippen LogP contribution in [0.5, 0.6) is 0 Å². The fourth-order valence-electron chi connectivity index (χ4n) is 2.26. The molecular formula is C13H26N2O3. The summed E-state index contributed by atoms with van der Waals surface area (Å²) in [6, 6.07) is -0.143. The third kappa shape index (κ3) is 4.92. The van der Waals surface area contributed by atoms with Crippen molar-refractivity contribution in [1.82, 2.24) is 10.2 Å². The zero-order valence-corrected chi connectivity index (χ0v) is 11.7. The average molecular weight is 258 g/mol. The van der Waals surface area contributed by atoms with Crippen molar-refractivity contribution >= 4 is 5.91 Å². The number of aliphatic hydroxyl groups is 1. The fourth-order valence-corrected chi connectivity index (χ4v) is 2.26. The van der Waals surface area contributed by atoms with Crippen molar-refractivity contribution in [2.75, 3.05) is 33.4 Å². The molecule has 1 saturated heterocycles. The van der Waals surface area contributed by atoms with E-state index in [-0.39, 0.29) is 11.9 Å². The monoisotopic (exact) mass is 258 g/mol. The molecule has 1 heterocycles. The van der Waals surface area contributed by atoms with Crippen LogP contribution >= 0.6 is 0 Å². The Morgan fingerprint density at radius 1 is 1.50 bits per heavy atom. The van der Waals surface area contributed by atoms with Gasteiger partial charge in [-0.15, -0.1) is 0 Å². The summed E-state index contributed by atoms with van der Waals surface area (Å²) in [4.78, 5) is 14.1. The second-order valence-electron chi connectivity index (χ2n) is 5.35. The van der Waals surface area contributed by atoms with Crippen molar-refractivity contribution in [1.29, 1.82) is 0 Å². The maximum atomic E-state index is 11.9. The van der Waals surface area contributed by atoms with Gasteiger partial charge in [0.1, 0.15) is 0 Å². The van der Waals surface area contributed by atoms with Gasteiger partial charge in [-0.2, -0.15) is 0 Å². The maximum Gasteiger partial charge on any atom is 0.237 e. The topological polar surface area (TPSA) is 61.8 Å². The van der Waals surface area contributed by atoms with E-state index < -0.39 is 5.60 Å². The van der Waals surface area contributed by atoms with Crippen LogP contribution < -0.4 is 5.32 Å². The second-order valence-corrected chi connectivity index (χ2v) is 5.35. The van der Waals surface area contributed by atoms with E-state index in [1.165, 1.54) is 0 Å². The lowest BCUT2D eigenvalue weighted by molar-refractivity contribution is -0.126. The van der Waals surface area contributed by atoms with Gasteiger partial charge in [0.2, 0.25) is 5.91 Å². The van der Waals surface area contributed by atoms with E-state index >= 15 is 0 Å². The van der Waals surface area contributed by atoms with Crippen LogP contribution in [-0.2, 0) is 9.53 Å². The van der Waals surface area contributed by atoms with Crippen molar-refractivity contribution in [3.05, 3.63) is 0 Å². The van der Waals surface area contributed by atoms with Gasteiger partial charge in [0, 0.05) is 20.2 Å².